The molecule has 29 heavy (non-hydrogen) atoms. The summed E-state index contributed by atoms with van der Waals surface area (Å²) in [7, 11) is 1.52. The molecule has 0 unspecified atom stereocenters. The molecule has 0 aliphatic carbocycles. The Hall–Kier alpha value is -4.19. The molecule has 1 atom stereocenters. The second kappa shape index (κ2) is 6.76. The number of urea groups is 1. The molecule has 3 heterocycles. The number of imide groups is 1. The van der Waals surface area contributed by atoms with Crippen LogP contribution in [0.1, 0.15) is 5.56 Å². The number of benzene rings is 1. The van der Waals surface area contributed by atoms with E-state index >= 15 is 0 Å². The van der Waals surface area contributed by atoms with E-state index < -0.39 is 17.5 Å². The van der Waals surface area contributed by atoms with Crippen molar-refractivity contribution in [3.63, 3.8) is 0 Å². The molecule has 0 radical (unpaired) electrons. The molecule has 0 saturated carbocycles. The van der Waals surface area contributed by atoms with Crippen LogP contribution in [0.3, 0.4) is 0 Å². The van der Waals surface area contributed by atoms with Crippen molar-refractivity contribution in [2.45, 2.75) is 12.1 Å². The molecule has 1 saturated heterocycles. The molecule has 9 heteroatoms. The van der Waals surface area contributed by atoms with Gasteiger partial charge in [-0.1, -0.05) is 11.8 Å². The topological polar surface area (TPSA) is 125 Å². The second-order valence-corrected chi connectivity index (χ2v) is 6.54. The van der Waals surface area contributed by atoms with Gasteiger partial charge in [-0.25, -0.2) is 4.79 Å². The first-order chi connectivity index (χ1) is 13.9. The van der Waals surface area contributed by atoms with Gasteiger partial charge in [0.2, 0.25) is 11.1 Å². The van der Waals surface area contributed by atoms with E-state index in [0.717, 1.165) is 5.39 Å². The third-order valence-electron chi connectivity index (χ3n) is 4.62. The summed E-state index contributed by atoms with van der Waals surface area (Å²) >= 11 is 0. The molecule has 2 aromatic heterocycles. The number of hydrogen-bond donors (Lipinski definition) is 4. The maximum atomic E-state index is 12.5. The number of aromatic amines is 1. The summed E-state index contributed by atoms with van der Waals surface area (Å²) in [6.45, 7) is -0.121. The van der Waals surface area contributed by atoms with Crippen LogP contribution in [0.15, 0.2) is 47.5 Å². The van der Waals surface area contributed by atoms with Crippen molar-refractivity contribution >= 4 is 22.7 Å². The zero-order valence-electron chi connectivity index (χ0n) is 15.3. The van der Waals surface area contributed by atoms with Crippen LogP contribution >= 0.6 is 0 Å². The normalized spacial score (nSPS) is 18.1. The standard InChI is InChI=1S/C20H16N4O5/c1-29-14-4-3-13-10-24(17(26)15(13)8-14)11-20(18(27)22-19(28)23-20)7-6-12-2-5-16(25)21-9-12/h2-5,8-10,26H,11H2,1H3,(H,21,25)(H2,22,23,27,28)/t20-/m1/s1. The smallest absolute Gasteiger partial charge is 0.323 e. The Morgan fingerprint density at radius 1 is 1.21 bits per heavy atom. The van der Waals surface area contributed by atoms with Gasteiger partial charge in [0.05, 0.1) is 13.7 Å². The summed E-state index contributed by atoms with van der Waals surface area (Å²) in [5.74, 6) is 5.43. The van der Waals surface area contributed by atoms with E-state index in [-0.39, 0.29) is 18.0 Å². The molecule has 1 aliphatic heterocycles. The molecule has 9 nitrogen and oxygen atoms in total. The Kier molecular flexibility index (Phi) is 4.24. The highest BCUT2D eigenvalue weighted by Crippen LogP contribution is 2.31. The number of aromatic hydroxyl groups is 1. The van der Waals surface area contributed by atoms with Crippen LogP contribution in [0.25, 0.3) is 10.8 Å². The monoisotopic (exact) mass is 392 g/mol. The summed E-state index contributed by atoms with van der Waals surface area (Å²) in [5, 5.41) is 16.6. The number of nitrogens with one attached hydrogen (secondary N) is 3. The van der Waals surface area contributed by atoms with Gasteiger partial charge < -0.3 is 24.7 Å². The fourth-order valence-corrected chi connectivity index (χ4v) is 3.13. The van der Waals surface area contributed by atoms with Gasteiger partial charge in [-0.2, -0.15) is 0 Å². The molecular weight excluding hydrogens is 376 g/mol. The lowest BCUT2D eigenvalue weighted by Gasteiger charge is -2.20. The largest absolute Gasteiger partial charge is 0.497 e. The lowest BCUT2D eigenvalue weighted by atomic mass is 10.00. The first-order valence-corrected chi connectivity index (χ1v) is 8.61. The van der Waals surface area contributed by atoms with Gasteiger partial charge in [-0.05, 0) is 24.3 Å². The van der Waals surface area contributed by atoms with Gasteiger partial charge in [0.25, 0.3) is 5.91 Å². The molecule has 0 spiro atoms. The summed E-state index contributed by atoms with van der Waals surface area (Å²) in [6.07, 6.45) is 3.07. The van der Waals surface area contributed by atoms with Gasteiger partial charge in [-0.3, -0.25) is 14.9 Å². The first-order valence-electron chi connectivity index (χ1n) is 8.61. The summed E-state index contributed by atoms with van der Waals surface area (Å²) in [5.41, 5.74) is -1.41. The first kappa shape index (κ1) is 18.2. The molecule has 3 amide bonds. The number of rotatable bonds is 3. The third-order valence-corrected chi connectivity index (χ3v) is 4.62. The molecule has 1 aromatic carbocycles. The third kappa shape index (κ3) is 3.27. The van der Waals surface area contributed by atoms with Crippen LogP contribution < -0.4 is 20.9 Å². The van der Waals surface area contributed by atoms with Crippen LogP contribution in [-0.4, -0.2) is 39.2 Å². The van der Waals surface area contributed by atoms with Crippen LogP contribution in [0.5, 0.6) is 11.6 Å². The quantitative estimate of drug-likeness (QED) is 0.385. The molecular formula is C20H16N4O5. The number of carbonyl (C=O) groups is 2. The highest BCUT2D eigenvalue weighted by molar-refractivity contribution is 6.09. The van der Waals surface area contributed by atoms with Gasteiger partial charge in [0, 0.05) is 34.8 Å². The van der Waals surface area contributed by atoms with Crippen molar-refractivity contribution in [2.24, 2.45) is 0 Å². The van der Waals surface area contributed by atoms with E-state index in [4.69, 9.17) is 4.74 Å². The van der Waals surface area contributed by atoms with Crippen molar-refractivity contribution in [1.82, 2.24) is 20.2 Å². The molecule has 4 N–H and O–H groups in total. The van der Waals surface area contributed by atoms with Crippen molar-refractivity contribution in [3.8, 4) is 23.5 Å². The average Bonchev–Trinajstić information content (AvgIpc) is 3.16. The van der Waals surface area contributed by atoms with Crippen LogP contribution in [-0.2, 0) is 11.3 Å². The van der Waals surface area contributed by atoms with E-state index in [0.29, 0.717) is 16.7 Å². The Balaban J connectivity index is 1.76. The van der Waals surface area contributed by atoms with Crippen molar-refractivity contribution in [3.05, 3.63) is 58.6 Å². The van der Waals surface area contributed by atoms with Gasteiger partial charge in [0.1, 0.15) is 5.75 Å². The molecule has 1 fully saturated rings. The van der Waals surface area contributed by atoms with E-state index in [1.54, 1.807) is 24.4 Å². The Morgan fingerprint density at radius 3 is 2.69 bits per heavy atom. The van der Waals surface area contributed by atoms with Gasteiger partial charge in [0.15, 0.2) is 5.88 Å². The fraction of sp³-hybridized carbons (Fsp3) is 0.150. The maximum Gasteiger partial charge on any atom is 0.323 e. The Labute approximate surface area is 164 Å². The van der Waals surface area contributed by atoms with Crippen molar-refractivity contribution in [1.29, 1.82) is 0 Å². The number of methoxy groups -OCH3 is 1. The van der Waals surface area contributed by atoms with Crippen LogP contribution in [0.2, 0.25) is 0 Å². The SMILES string of the molecule is COc1ccc2cn(C[C@@]3(C#Cc4ccc(=O)[nH]c4)NC(=O)NC3=O)c(O)c2c1. The predicted octanol–water partition coefficient (Wildman–Crippen LogP) is 0.674. The average molecular weight is 392 g/mol. The number of amides is 3. The molecule has 4 rings (SSSR count). The summed E-state index contributed by atoms with van der Waals surface area (Å²) in [4.78, 5) is 38.0. The number of hydrogen-bond acceptors (Lipinski definition) is 5. The second-order valence-electron chi connectivity index (χ2n) is 6.54. The van der Waals surface area contributed by atoms with Crippen molar-refractivity contribution < 1.29 is 19.4 Å². The number of ether oxygens (including phenoxy) is 1. The lowest BCUT2D eigenvalue weighted by Crippen LogP contribution is -2.49. The fourth-order valence-electron chi connectivity index (χ4n) is 3.13. The number of pyridine rings is 1. The summed E-state index contributed by atoms with van der Waals surface area (Å²) in [6, 6.07) is 7.33. The minimum Gasteiger partial charge on any atom is -0.497 e. The number of fused-ring (bicyclic) bond motifs is 1. The zero-order valence-corrected chi connectivity index (χ0v) is 15.3. The van der Waals surface area contributed by atoms with E-state index in [1.165, 1.54) is 30.0 Å². The minimum absolute atomic E-state index is 0.0851. The minimum atomic E-state index is -1.59. The van der Waals surface area contributed by atoms with Gasteiger partial charge in [-0.15, -0.1) is 0 Å². The number of nitrogens with zero attached hydrogens (tertiary/aromatic N) is 1. The number of aromatic nitrogens is 2. The van der Waals surface area contributed by atoms with Crippen LogP contribution in [0, 0.1) is 11.8 Å². The number of H-pyrrole nitrogens is 1. The lowest BCUT2D eigenvalue weighted by molar-refractivity contribution is -0.122. The molecule has 1 aliphatic rings. The van der Waals surface area contributed by atoms with E-state index in [9.17, 15) is 19.5 Å². The van der Waals surface area contributed by atoms with Crippen molar-refractivity contribution in [2.75, 3.05) is 7.11 Å². The maximum absolute atomic E-state index is 12.5. The Bertz CT molecular complexity index is 1240. The van der Waals surface area contributed by atoms with Gasteiger partial charge >= 0.3 is 6.03 Å². The molecule has 0 bridgehead atoms. The number of carbonyl (C=O) groups excluding carboxylic acids is 2. The molecule has 146 valence electrons. The van der Waals surface area contributed by atoms with Crippen LogP contribution in [0.4, 0.5) is 4.79 Å². The van der Waals surface area contributed by atoms with E-state index in [1.807, 2.05) is 0 Å². The van der Waals surface area contributed by atoms with E-state index in [2.05, 4.69) is 27.5 Å². The zero-order chi connectivity index (χ0) is 20.6. The Morgan fingerprint density at radius 2 is 2.03 bits per heavy atom. The molecule has 3 aromatic rings. The summed E-state index contributed by atoms with van der Waals surface area (Å²) < 4.78 is 6.62. The predicted molar refractivity (Wildman–Crippen MR) is 104 cm³/mol. The highest BCUT2D eigenvalue weighted by Gasteiger charge is 2.46. The highest BCUT2D eigenvalue weighted by atomic mass is 16.5.